The van der Waals surface area contributed by atoms with Gasteiger partial charge in [0.2, 0.25) is 0 Å². The Hall–Kier alpha value is -2.49. The predicted molar refractivity (Wildman–Crippen MR) is 75.2 cm³/mol. The van der Waals surface area contributed by atoms with Gasteiger partial charge in [-0.15, -0.1) is 0 Å². The molecule has 0 radical (unpaired) electrons. The van der Waals surface area contributed by atoms with E-state index in [0.717, 1.165) is 5.56 Å². The van der Waals surface area contributed by atoms with E-state index in [1.54, 1.807) is 24.3 Å². The summed E-state index contributed by atoms with van der Waals surface area (Å²) in [5, 5.41) is 19.0. The van der Waals surface area contributed by atoms with Crippen molar-refractivity contribution in [1.29, 1.82) is 0 Å². The van der Waals surface area contributed by atoms with Gasteiger partial charge in [0.25, 0.3) is 0 Å². The number of aliphatic carboxylic acids is 1. The maximum absolute atomic E-state index is 11.3. The fourth-order valence-electron chi connectivity index (χ4n) is 1.96. The molecule has 0 aliphatic heterocycles. The molecule has 0 saturated carbocycles. The van der Waals surface area contributed by atoms with Gasteiger partial charge in [0.05, 0.1) is 0 Å². The van der Waals surface area contributed by atoms with Crippen molar-refractivity contribution in [3.05, 3.63) is 59.7 Å². The van der Waals surface area contributed by atoms with Gasteiger partial charge in [0.15, 0.2) is 0 Å². The molecule has 2 rings (SSSR count). The highest BCUT2D eigenvalue weighted by Crippen LogP contribution is 2.26. The number of carbonyl (C=O) groups is 1. The Bertz CT molecular complexity index is 607. The molecule has 0 spiro atoms. The lowest BCUT2D eigenvalue weighted by Crippen LogP contribution is -2.19. The quantitative estimate of drug-likeness (QED) is 0.878. The first kappa shape index (κ1) is 13.9. The molecule has 0 aliphatic carbocycles. The number of carboxylic acids is 1. The van der Waals surface area contributed by atoms with Gasteiger partial charge in [-0.2, -0.15) is 0 Å². The van der Waals surface area contributed by atoms with Crippen LogP contribution < -0.4 is 4.74 Å². The first-order chi connectivity index (χ1) is 9.58. The number of benzene rings is 2. The van der Waals surface area contributed by atoms with E-state index >= 15 is 0 Å². The van der Waals surface area contributed by atoms with Gasteiger partial charge in [-0.05, 0) is 30.7 Å². The van der Waals surface area contributed by atoms with E-state index in [0.29, 0.717) is 11.3 Å². The summed E-state index contributed by atoms with van der Waals surface area (Å²) in [4.78, 5) is 11.3. The molecule has 1 atom stereocenters. The summed E-state index contributed by atoms with van der Waals surface area (Å²) < 4.78 is 5.53. The van der Waals surface area contributed by atoms with Crippen molar-refractivity contribution in [2.45, 2.75) is 12.8 Å². The van der Waals surface area contributed by atoms with Gasteiger partial charge in [-0.1, -0.05) is 30.3 Å². The average Bonchev–Trinajstić information content (AvgIpc) is 2.40. The number of carboxylic acid groups (broad SMARTS) is 1. The number of aryl methyl sites for hydroxylation is 1. The van der Waals surface area contributed by atoms with Crippen LogP contribution in [0.2, 0.25) is 0 Å². The molecule has 1 unspecified atom stereocenters. The van der Waals surface area contributed by atoms with Crippen molar-refractivity contribution in [2.24, 2.45) is 0 Å². The third-order valence-electron chi connectivity index (χ3n) is 3.02. The largest absolute Gasteiger partial charge is 0.508 e. The monoisotopic (exact) mass is 272 g/mol. The topological polar surface area (TPSA) is 66.8 Å². The normalized spacial score (nSPS) is 11.8. The number of aromatic hydroxyl groups is 1. The summed E-state index contributed by atoms with van der Waals surface area (Å²) in [6, 6.07) is 13.8. The number of hydrogen-bond donors (Lipinski definition) is 2. The molecular formula is C16H16O4. The molecule has 2 N–H and O–H groups in total. The molecule has 0 aromatic heterocycles. The van der Waals surface area contributed by atoms with Crippen LogP contribution in [0, 0.1) is 6.92 Å². The number of rotatable bonds is 5. The van der Waals surface area contributed by atoms with E-state index in [2.05, 4.69) is 0 Å². The highest BCUT2D eigenvalue weighted by Gasteiger charge is 2.23. The molecule has 104 valence electrons. The lowest BCUT2D eigenvalue weighted by molar-refractivity contribution is -0.139. The summed E-state index contributed by atoms with van der Waals surface area (Å²) in [5.41, 5.74) is 1.39. The van der Waals surface area contributed by atoms with Gasteiger partial charge in [-0.25, -0.2) is 0 Å². The van der Waals surface area contributed by atoms with Crippen LogP contribution in [0.3, 0.4) is 0 Å². The maximum atomic E-state index is 11.3. The Morgan fingerprint density at radius 1 is 1.20 bits per heavy atom. The van der Waals surface area contributed by atoms with Crippen molar-refractivity contribution in [3.63, 3.8) is 0 Å². The van der Waals surface area contributed by atoms with Crippen LogP contribution >= 0.6 is 0 Å². The lowest BCUT2D eigenvalue weighted by Gasteiger charge is -2.15. The molecule has 4 nitrogen and oxygen atoms in total. The SMILES string of the molecule is Cc1cccc(OCC(C(=O)O)c2ccccc2O)c1. The van der Waals surface area contributed by atoms with Crippen molar-refractivity contribution >= 4 is 5.97 Å². The van der Waals surface area contributed by atoms with E-state index < -0.39 is 11.9 Å². The van der Waals surface area contributed by atoms with Crippen LogP contribution in [0.25, 0.3) is 0 Å². The Morgan fingerprint density at radius 2 is 1.95 bits per heavy atom. The Labute approximate surface area is 117 Å². The zero-order valence-corrected chi connectivity index (χ0v) is 11.1. The highest BCUT2D eigenvalue weighted by molar-refractivity contribution is 5.77. The second-order valence-electron chi connectivity index (χ2n) is 4.58. The number of phenols is 1. The number of phenolic OH excluding ortho intramolecular Hbond substituents is 1. The first-order valence-electron chi connectivity index (χ1n) is 6.28. The Kier molecular flexibility index (Phi) is 4.25. The molecule has 0 amide bonds. The summed E-state index contributed by atoms with van der Waals surface area (Å²) in [6.07, 6.45) is 0. The van der Waals surface area contributed by atoms with Crippen molar-refractivity contribution < 1.29 is 19.7 Å². The van der Waals surface area contributed by atoms with Gasteiger partial charge in [0.1, 0.15) is 24.0 Å². The smallest absolute Gasteiger partial charge is 0.314 e. The van der Waals surface area contributed by atoms with Crippen LogP contribution in [0.5, 0.6) is 11.5 Å². The molecule has 4 heteroatoms. The summed E-state index contributed by atoms with van der Waals surface area (Å²) in [5.74, 6) is -1.35. The zero-order valence-electron chi connectivity index (χ0n) is 11.1. The van der Waals surface area contributed by atoms with E-state index in [1.165, 1.54) is 6.07 Å². The molecule has 0 bridgehead atoms. The molecule has 0 aliphatic rings. The number of hydrogen-bond acceptors (Lipinski definition) is 3. The van der Waals surface area contributed by atoms with Gasteiger partial charge in [0, 0.05) is 5.56 Å². The molecule has 0 heterocycles. The summed E-state index contributed by atoms with van der Waals surface area (Å²) in [7, 11) is 0. The third-order valence-corrected chi connectivity index (χ3v) is 3.02. The standard InChI is InChI=1S/C16H16O4/c1-11-5-4-6-12(9-11)20-10-14(16(18)19)13-7-2-3-8-15(13)17/h2-9,14,17H,10H2,1H3,(H,18,19). The molecule has 0 saturated heterocycles. The van der Waals surface area contributed by atoms with Crippen molar-refractivity contribution in [3.8, 4) is 11.5 Å². The molecule has 2 aromatic rings. The molecule has 20 heavy (non-hydrogen) atoms. The van der Waals surface area contributed by atoms with Crippen LogP contribution in [-0.2, 0) is 4.79 Å². The maximum Gasteiger partial charge on any atom is 0.314 e. The van der Waals surface area contributed by atoms with Crippen LogP contribution in [0.1, 0.15) is 17.0 Å². The second kappa shape index (κ2) is 6.10. The lowest BCUT2D eigenvalue weighted by atomic mass is 9.99. The van der Waals surface area contributed by atoms with Crippen LogP contribution in [0.15, 0.2) is 48.5 Å². The minimum atomic E-state index is -1.03. The molecule has 0 fully saturated rings. The van der Waals surface area contributed by atoms with Crippen LogP contribution in [0.4, 0.5) is 0 Å². The highest BCUT2D eigenvalue weighted by atomic mass is 16.5. The van der Waals surface area contributed by atoms with Crippen molar-refractivity contribution in [2.75, 3.05) is 6.61 Å². The first-order valence-corrected chi connectivity index (χ1v) is 6.28. The number of ether oxygens (including phenoxy) is 1. The fraction of sp³-hybridized carbons (Fsp3) is 0.188. The predicted octanol–water partition coefficient (Wildman–Crippen LogP) is 2.95. The minimum Gasteiger partial charge on any atom is -0.508 e. The summed E-state index contributed by atoms with van der Waals surface area (Å²) >= 11 is 0. The van der Waals surface area contributed by atoms with E-state index in [4.69, 9.17) is 4.74 Å². The van der Waals surface area contributed by atoms with E-state index in [1.807, 2.05) is 25.1 Å². The van der Waals surface area contributed by atoms with Crippen molar-refractivity contribution in [1.82, 2.24) is 0 Å². The van der Waals surface area contributed by atoms with E-state index in [-0.39, 0.29) is 12.4 Å². The fourth-order valence-corrected chi connectivity index (χ4v) is 1.96. The minimum absolute atomic E-state index is 0.0314. The molecular weight excluding hydrogens is 256 g/mol. The molecule has 2 aromatic carbocycles. The summed E-state index contributed by atoms with van der Waals surface area (Å²) in [6.45, 7) is 1.90. The Balaban J connectivity index is 2.15. The van der Waals surface area contributed by atoms with Crippen LogP contribution in [-0.4, -0.2) is 22.8 Å². The van der Waals surface area contributed by atoms with Gasteiger partial charge in [-0.3, -0.25) is 4.79 Å². The Morgan fingerprint density at radius 3 is 2.60 bits per heavy atom. The third kappa shape index (κ3) is 3.29. The van der Waals surface area contributed by atoms with Gasteiger partial charge < -0.3 is 14.9 Å². The van der Waals surface area contributed by atoms with Gasteiger partial charge >= 0.3 is 5.97 Å². The second-order valence-corrected chi connectivity index (χ2v) is 4.58. The van der Waals surface area contributed by atoms with E-state index in [9.17, 15) is 15.0 Å². The zero-order chi connectivity index (χ0) is 14.5. The average molecular weight is 272 g/mol. The number of para-hydroxylation sites is 1.